The zero-order chi connectivity index (χ0) is 27.5. The number of phenols is 1. The van der Waals surface area contributed by atoms with Gasteiger partial charge in [-0.15, -0.1) is 5.10 Å². The van der Waals surface area contributed by atoms with Crippen LogP contribution >= 0.6 is 11.8 Å². The van der Waals surface area contributed by atoms with E-state index in [4.69, 9.17) is 14.8 Å². The number of carbonyl (C=O) groups excluding carboxylic acids is 1. The van der Waals surface area contributed by atoms with E-state index in [0.717, 1.165) is 28.1 Å². The van der Waals surface area contributed by atoms with Gasteiger partial charge in [0.2, 0.25) is 11.1 Å². The molecule has 4 aromatic rings. The maximum absolute atomic E-state index is 13.8. The Morgan fingerprint density at radius 1 is 1.10 bits per heavy atom. The lowest BCUT2D eigenvalue weighted by Gasteiger charge is -2.29. The second-order valence-electron chi connectivity index (χ2n) is 9.44. The van der Waals surface area contributed by atoms with E-state index in [1.54, 1.807) is 22.9 Å². The molecule has 2 heterocycles. The number of allylic oxidation sites excluding steroid dienone is 1. The average Bonchev–Trinajstić information content (AvgIpc) is 3.32. The highest BCUT2D eigenvalue weighted by Crippen LogP contribution is 2.40. The molecule has 0 saturated carbocycles. The summed E-state index contributed by atoms with van der Waals surface area (Å²) in [5.41, 5.74) is 5.93. The summed E-state index contributed by atoms with van der Waals surface area (Å²) < 4.78 is 7.40. The molecule has 0 bridgehead atoms. The Balaban J connectivity index is 1.54. The van der Waals surface area contributed by atoms with Crippen molar-refractivity contribution in [3.63, 3.8) is 0 Å². The Labute approximate surface area is 232 Å². The molecular formula is C30H31N5O3S. The second kappa shape index (κ2) is 11.2. The smallest absolute Gasteiger partial charge is 0.255 e. The number of hydrogen-bond donors (Lipinski definition) is 3. The summed E-state index contributed by atoms with van der Waals surface area (Å²) in [4.78, 5) is 18.6. The number of phenolic OH excluding ortho intramolecular Hbond substituents is 1. The van der Waals surface area contributed by atoms with Gasteiger partial charge in [-0.1, -0.05) is 65.9 Å². The first-order chi connectivity index (χ1) is 18.8. The number of rotatable bonds is 8. The van der Waals surface area contributed by atoms with Gasteiger partial charge in [-0.3, -0.25) is 4.79 Å². The number of thioether (sulfide) groups is 1. The zero-order valence-electron chi connectivity index (χ0n) is 22.4. The summed E-state index contributed by atoms with van der Waals surface area (Å²) in [6.45, 7) is 8.11. The number of aromatic hydroxyl groups is 1. The minimum atomic E-state index is -0.592. The molecule has 0 radical (unpaired) electrons. The fraction of sp³-hybridized carbons (Fsp3) is 0.233. The highest BCUT2D eigenvalue weighted by atomic mass is 32.2. The Hall–Kier alpha value is -4.24. The first-order valence-electron chi connectivity index (χ1n) is 12.8. The molecule has 1 atom stereocenters. The molecule has 1 aliphatic rings. The van der Waals surface area contributed by atoms with Crippen molar-refractivity contribution >= 4 is 29.3 Å². The number of benzene rings is 3. The van der Waals surface area contributed by atoms with Crippen LogP contribution in [0.15, 0.2) is 83.2 Å². The van der Waals surface area contributed by atoms with Gasteiger partial charge in [0.05, 0.1) is 12.2 Å². The minimum Gasteiger partial charge on any atom is -0.504 e. The normalized spacial score (nSPS) is 14.5. The first kappa shape index (κ1) is 26.4. The van der Waals surface area contributed by atoms with E-state index in [-0.39, 0.29) is 11.7 Å². The number of fused-ring (bicyclic) bond motifs is 1. The van der Waals surface area contributed by atoms with Crippen molar-refractivity contribution in [2.45, 2.75) is 44.6 Å². The van der Waals surface area contributed by atoms with E-state index in [1.165, 1.54) is 17.3 Å². The van der Waals surface area contributed by atoms with E-state index < -0.39 is 6.04 Å². The number of nitrogens with zero attached hydrogens (tertiary/aromatic N) is 3. The third kappa shape index (κ3) is 5.63. The predicted octanol–water partition coefficient (Wildman–Crippen LogP) is 6.22. The molecular weight excluding hydrogens is 510 g/mol. The molecule has 0 unspecified atom stereocenters. The van der Waals surface area contributed by atoms with Crippen LogP contribution in [-0.2, 0) is 10.5 Å². The molecule has 0 spiro atoms. The van der Waals surface area contributed by atoms with Gasteiger partial charge in [-0.2, -0.15) is 4.98 Å². The molecule has 1 amide bonds. The Bertz CT molecular complexity index is 1550. The van der Waals surface area contributed by atoms with Crippen LogP contribution in [-0.4, -0.2) is 32.4 Å². The second-order valence-corrected chi connectivity index (χ2v) is 10.4. The summed E-state index contributed by atoms with van der Waals surface area (Å²) in [5.74, 6) is 1.40. The number of aryl methyl sites for hydroxylation is 2. The third-order valence-electron chi connectivity index (χ3n) is 6.52. The van der Waals surface area contributed by atoms with Gasteiger partial charge in [0, 0.05) is 17.1 Å². The van der Waals surface area contributed by atoms with E-state index in [0.29, 0.717) is 34.7 Å². The summed E-state index contributed by atoms with van der Waals surface area (Å²) in [6.07, 6.45) is 0. The molecule has 3 aromatic carbocycles. The van der Waals surface area contributed by atoms with Crippen LogP contribution in [0.2, 0.25) is 0 Å². The molecule has 1 aromatic heterocycles. The molecule has 5 rings (SSSR count). The van der Waals surface area contributed by atoms with Crippen molar-refractivity contribution in [1.82, 2.24) is 14.8 Å². The number of anilines is 2. The van der Waals surface area contributed by atoms with Crippen LogP contribution in [0, 0.1) is 13.8 Å². The third-order valence-corrected chi connectivity index (χ3v) is 7.43. The van der Waals surface area contributed by atoms with Crippen molar-refractivity contribution in [1.29, 1.82) is 0 Å². The fourth-order valence-corrected chi connectivity index (χ4v) is 5.42. The summed E-state index contributed by atoms with van der Waals surface area (Å²) in [6, 6.07) is 20.6. The summed E-state index contributed by atoms with van der Waals surface area (Å²) in [7, 11) is 0. The minimum absolute atomic E-state index is 0.0365. The maximum Gasteiger partial charge on any atom is 0.255 e. The first-order valence-corrected chi connectivity index (χ1v) is 13.8. The highest BCUT2D eigenvalue weighted by Gasteiger charge is 2.35. The number of nitrogens with one attached hydrogen (secondary N) is 2. The Morgan fingerprint density at radius 2 is 1.90 bits per heavy atom. The lowest BCUT2D eigenvalue weighted by molar-refractivity contribution is -0.113. The van der Waals surface area contributed by atoms with Crippen molar-refractivity contribution in [3.05, 3.63) is 100 Å². The molecule has 0 fully saturated rings. The number of carbonyl (C=O) groups is 1. The van der Waals surface area contributed by atoms with Crippen LogP contribution < -0.4 is 15.4 Å². The molecule has 0 aliphatic carbocycles. The molecule has 8 nitrogen and oxygen atoms in total. The number of ether oxygens (including phenoxy) is 1. The molecule has 1 aliphatic heterocycles. The molecule has 200 valence electrons. The molecule has 0 saturated heterocycles. The van der Waals surface area contributed by atoms with Crippen molar-refractivity contribution < 1.29 is 14.6 Å². The lowest BCUT2D eigenvalue weighted by atomic mass is 9.94. The summed E-state index contributed by atoms with van der Waals surface area (Å²) >= 11 is 1.53. The predicted molar refractivity (Wildman–Crippen MR) is 154 cm³/mol. The Morgan fingerprint density at radius 3 is 2.64 bits per heavy atom. The highest BCUT2D eigenvalue weighted by molar-refractivity contribution is 7.98. The monoisotopic (exact) mass is 541 g/mol. The van der Waals surface area contributed by atoms with Crippen molar-refractivity contribution in [2.75, 3.05) is 17.2 Å². The Kier molecular flexibility index (Phi) is 7.60. The lowest BCUT2D eigenvalue weighted by Crippen LogP contribution is -2.31. The van der Waals surface area contributed by atoms with E-state index in [9.17, 15) is 9.90 Å². The standard InChI is InChI=1S/C30H31N5O3S/c1-5-38-25-16-22(12-14-24(25)36)27-26(28(37)32-23-13-11-18(2)15-19(23)3)20(4)31-29-33-30(34-35(27)29)39-17-21-9-7-6-8-10-21/h6-16,27,36H,5,17H2,1-4H3,(H,32,37)(H,31,33,34)/t27-/m1/s1. The van der Waals surface area contributed by atoms with E-state index in [2.05, 4.69) is 22.8 Å². The number of amides is 1. The molecule has 39 heavy (non-hydrogen) atoms. The van der Waals surface area contributed by atoms with Crippen LogP contribution in [0.4, 0.5) is 11.6 Å². The van der Waals surface area contributed by atoms with Gasteiger partial charge in [0.15, 0.2) is 11.5 Å². The van der Waals surface area contributed by atoms with Crippen LogP contribution in [0.1, 0.15) is 42.1 Å². The van der Waals surface area contributed by atoms with Gasteiger partial charge in [-0.05, 0) is 62.6 Å². The molecule has 9 heteroatoms. The van der Waals surface area contributed by atoms with Gasteiger partial charge in [0.25, 0.3) is 5.91 Å². The SMILES string of the molecule is CCOc1cc([C@@H]2C(C(=O)Nc3ccc(C)cc3C)=C(C)Nc3nc(SCc4ccccc4)nn32)ccc1O. The fourth-order valence-electron chi connectivity index (χ4n) is 4.63. The van der Waals surface area contributed by atoms with E-state index in [1.807, 2.05) is 64.1 Å². The van der Waals surface area contributed by atoms with Crippen LogP contribution in [0.25, 0.3) is 0 Å². The molecule has 3 N–H and O–H groups in total. The average molecular weight is 542 g/mol. The van der Waals surface area contributed by atoms with Gasteiger partial charge in [0.1, 0.15) is 6.04 Å². The maximum atomic E-state index is 13.8. The van der Waals surface area contributed by atoms with Crippen molar-refractivity contribution in [3.8, 4) is 11.5 Å². The topological polar surface area (TPSA) is 101 Å². The number of hydrogen-bond acceptors (Lipinski definition) is 7. The van der Waals surface area contributed by atoms with Gasteiger partial charge in [-0.25, -0.2) is 4.68 Å². The van der Waals surface area contributed by atoms with Crippen LogP contribution in [0.5, 0.6) is 11.5 Å². The van der Waals surface area contributed by atoms with Crippen molar-refractivity contribution in [2.24, 2.45) is 0 Å². The van der Waals surface area contributed by atoms with E-state index >= 15 is 0 Å². The van der Waals surface area contributed by atoms with Gasteiger partial charge < -0.3 is 20.5 Å². The largest absolute Gasteiger partial charge is 0.504 e. The van der Waals surface area contributed by atoms with Crippen LogP contribution in [0.3, 0.4) is 0 Å². The summed E-state index contributed by atoms with van der Waals surface area (Å²) in [5, 5.41) is 22.1. The van der Waals surface area contributed by atoms with Gasteiger partial charge >= 0.3 is 0 Å². The number of aromatic nitrogens is 3. The quantitative estimate of drug-likeness (QED) is 0.228. The zero-order valence-corrected chi connectivity index (χ0v) is 23.2.